The van der Waals surface area contributed by atoms with Crippen molar-refractivity contribution in [3.05, 3.63) is 51.5 Å². The molecule has 3 rings (SSSR count). The summed E-state index contributed by atoms with van der Waals surface area (Å²) in [6.45, 7) is 1.98. The molecule has 0 spiro atoms. The van der Waals surface area contributed by atoms with Gasteiger partial charge in [0.1, 0.15) is 5.75 Å². The van der Waals surface area contributed by atoms with Gasteiger partial charge in [0.25, 0.3) is 0 Å². The summed E-state index contributed by atoms with van der Waals surface area (Å²) in [5, 5.41) is 5.30. The van der Waals surface area contributed by atoms with Crippen molar-refractivity contribution in [3.63, 3.8) is 0 Å². The fourth-order valence-corrected chi connectivity index (χ4v) is 4.16. The Bertz CT molecular complexity index is 915. The number of thiophene rings is 1. The first-order valence-corrected chi connectivity index (χ1v) is 10.2. The number of hydrogen-bond acceptors (Lipinski definition) is 6. The molecule has 1 aromatic carbocycles. The number of nitrogens with zero attached hydrogens (tertiary/aromatic N) is 1. The molecule has 2 heterocycles. The number of anilines is 1. The summed E-state index contributed by atoms with van der Waals surface area (Å²) in [6.07, 6.45) is 1.20. The molecule has 5 nitrogen and oxygen atoms in total. The van der Waals surface area contributed by atoms with Gasteiger partial charge in [-0.05, 0) is 49.1 Å². The minimum atomic E-state index is -0.121. The van der Waals surface area contributed by atoms with Gasteiger partial charge < -0.3 is 10.1 Å². The third-order valence-electron chi connectivity index (χ3n) is 4.01. The van der Waals surface area contributed by atoms with Gasteiger partial charge in [-0.25, -0.2) is 4.98 Å². The monoisotopic (exact) mass is 400 g/mol. The summed E-state index contributed by atoms with van der Waals surface area (Å²) < 4.78 is 5.17. The van der Waals surface area contributed by atoms with Gasteiger partial charge in [0.15, 0.2) is 10.9 Å². The molecule has 1 N–H and O–H groups in total. The van der Waals surface area contributed by atoms with Gasteiger partial charge in [-0.2, -0.15) is 0 Å². The molecule has 0 aliphatic rings. The number of hydrogen-bond donors (Lipinski definition) is 1. The van der Waals surface area contributed by atoms with Crippen LogP contribution in [0, 0.1) is 6.92 Å². The van der Waals surface area contributed by atoms with Crippen LogP contribution < -0.4 is 10.1 Å². The standard InChI is InChI=1S/C20H20N2O3S2/c1-13-19(14-8-10-15(25-2)11-9-14)22-20(27-13)21-18(24)7-3-5-16(23)17-6-4-12-26-17/h4,6,8-12H,3,5,7H2,1-2H3,(H,21,22,24). The molecule has 140 valence electrons. The van der Waals surface area contributed by atoms with Crippen LogP contribution in [0.3, 0.4) is 0 Å². The summed E-state index contributed by atoms with van der Waals surface area (Å²) in [6, 6.07) is 11.3. The van der Waals surface area contributed by atoms with E-state index in [1.165, 1.54) is 22.7 Å². The molecule has 0 fully saturated rings. The molecule has 27 heavy (non-hydrogen) atoms. The maximum atomic E-state index is 12.2. The van der Waals surface area contributed by atoms with Gasteiger partial charge in [0.05, 0.1) is 17.7 Å². The lowest BCUT2D eigenvalue weighted by atomic mass is 10.1. The van der Waals surface area contributed by atoms with Crippen molar-refractivity contribution in [1.82, 2.24) is 4.98 Å². The zero-order valence-corrected chi connectivity index (χ0v) is 16.8. The third kappa shape index (κ3) is 5.02. The molecular formula is C20H20N2O3S2. The first-order valence-electron chi connectivity index (χ1n) is 8.55. The molecule has 0 radical (unpaired) electrons. The molecule has 1 amide bonds. The number of nitrogens with one attached hydrogen (secondary N) is 1. The average molecular weight is 401 g/mol. The highest BCUT2D eigenvalue weighted by Gasteiger charge is 2.13. The Morgan fingerprint density at radius 1 is 1.15 bits per heavy atom. The van der Waals surface area contributed by atoms with E-state index >= 15 is 0 Å². The van der Waals surface area contributed by atoms with Crippen molar-refractivity contribution in [1.29, 1.82) is 0 Å². The van der Waals surface area contributed by atoms with E-state index in [-0.39, 0.29) is 11.7 Å². The number of rotatable bonds is 8. The summed E-state index contributed by atoms with van der Waals surface area (Å²) in [5.41, 5.74) is 1.83. The van der Waals surface area contributed by atoms with E-state index in [2.05, 4.69) is 10.3 Å². The minimum absolute atomic E-state index is 0.0877. The Morgan fingerprint density at radius 3 is 2.59 bits per heavy atom. The summed E-state index contributed by atoms with van der Waals surface area (Å²) in [7, 11) is 1.63. The zero-order valence-electron chi connectivity index (χ0n) is 15.2. The Balaban J connectivity index is 1.54. The number of aromatic nitrogens is 1. The highest BCUT2D eigenvalue weighted by atomic mass is 32.1. The van der Waals surface area contributed by atoms with E-state index in [0.29, 0.717) is 24.4 Å². The Morgan fingerprint density at radius 2 is 1.93 bits per heavy atom. The van der Waals surface area contributed by atoms with Crippen LogP contribution in [0.5, 0.6) is 5.75 Å². The number of methoxy groups -OCH3 is 1. The lowest BCUT2D eigenvalue weighted by Crippen LogP contribution is -2.11. The smallest absolute Gasteiger partial charge is 0.226 e. The summed E-state index contributed by atoms with van der Waals surface area (Å²) in [4.78, 5) is 30.4. The second-order valence-electron chi connectivity index (χ2n) is 5.95. The largest absolute Gasteiger partial charge is 0.497 e. The van der Waals surface area contributed by atoms with Crippen molar-refractivity contribution in [3.8, 4) is 17.0 Å². The molecular weight excluding hydrogens is 380 g/mol. The molecule has 0 aliphatic heterocycles. The van der Waals surface area contributed by atoms with E-state index in [4.69, 9.17) is 4.74 Å². The Hall–Kier alpha value is -2.51. The highest BCUT2D eigenvalue weighted by Crippen LogP contribution is 2.31. The van der Waals surface area contributed by atoms with Crippen molar-refractivity contribution in [2.45, 2.75) is 26.2 Å². The molecule has 0 saturated carbocycles. The van der Waals surface area contributed by atoms with Crippen molar-refractivity contribution >= 4 is 39.5 Å². The first-order chi connectivity index (χ1) is 13.1. The topological polar surface area (TPSA) is 68.3 Å². The predicted molar refractivity (Wildman–Crippen MR) is 110 cm³/mol. The molecule has 2 aromatic heterocycles. The lowest BCUT2D eigenvalue weighted by molar-refractivity contribution is -0.116. The predicted octanol–water partition coefficient (Wildman–Crippen LogP) is 5.18. The number of carbonyl (C=O) groups excluding carboxylic acids is 2. The van der Waals surface area contributed by atoms with Crippen LogP contribution in [0.15, 0.2) is 41.8 Å². The SMILES string of the molecule is COc1ccc(-c2nc(NC(=O)CCCC(=O)c3cccs3)sc2C)cc1. The van der Waals surface area contributed by atoms with Crippen LogP contribution >= 0.6 is 22.7 Å². The van der Waals surface area contributed by atoms with Gasteiger partial charge in [-0.3, -0.25) is 9.59 Å². The van der Waals surface area contributed by atoms with E-state index in [0.717, 1.165) is 26.8 Å². The van der Waals surface area contributed by atoms with Crippen molar-refractivity contribution < 1.29 is 14.3 Å². The number of ether oxygens (including phenoxy) is 1. The van der Waals surface area contributed by atoms with Crippen LogP contribution in [0.2, 0.25) is 0 Å². The van der Waals surface area contributed by atoms with Gasteiger partial charge >= 0.3 is 0 Å². The zero-order chi connectivity index (χ0) is 19.2. The maximum absolute atomic E-state index is 12.2. The quantitative estimate of drug-likeness (QED) is 0.529. The third-order valence-corrected chi connectivity index (χ3v) is 5.81. The Labute approximate surface area is 166 Å². The van der Waals surface area contributed by atoms with E-state index < -0.39 is 0 Å². The fraction of sp³-hybridized carbons (Fsp3) is 0.250. The number of thiazole rings is 1. The molecule has 0 bridgehead atoms. The molecule has 0 unspecified atom stereocenters. The van der Waals surface area contributed by atoms with Crippen LogP contribution in [0.1, 0.15) is 33.8 Å². The summed E-state index contributed by atoms with van der Waals surface area (Å²) >= 11 is 2.88. The normalized spacial score (nSPS) is 10.6. The average Bonchev–Trinajstić information content (AvgIpc) is 3.32. The molecule has 0 saturated heterocycles. The van der Waals surface area contributed by atoms with E-state index in [1.54, 1.807) is 7.11 Å². The van der Waals surface area contributed by atoms with Gasteiger partial charge in [-0.1, -0.05) is 6.07 Å². The van der Waals surface area contributed by atoms with Crippen LogP contribution in [0.4, 0.5) is 5.13 Å². The summed E-state index contributed by atoms with van der Waals surface area (Å²) in [5.74, 6) is 0.756. The lowest BCUT2D eigenvalue weighted by Gasteiger charge is -2.02. The molecule has 3 aromatic rings. The van der Waals surface area contributed by atoms with Crippen LogP contribution in [0.25, 0.3) is 11.3 Å². The number of Topliss-reactive ketones (excluding diaryl/α,β-unsaturated/α-hetero) is 1. The van der Waals surface area contributed by atoms with Crippen LogP contribution in [-0.2, 0) is 4.79 Å². The fourth-order valence-electron chi connectivity index (χ4n) is 2.62. The Kier molecular flexibility index (Phi) is 6.36. The first kappa shape index (κ1) is 19.3. The number of ketones is 1. The van der Waals surface area contributed by atoms with Gasteiger partial charge in [0, 0.05) is 23.3 Å². The van der Waals surface area contributed by atoms with Crippen molar-refractivity contribution in [2.24, 2.45) is 0 Å². The van der Waals surface area contributed by atoms with Crippen molar-refractivity contribution in [2.75, 3.05) is 12.4 Å². The van der Waals surface area contributed by atoms with Crippen LogP contribution in [-0.4, -0.2) is 23.8 Å². The highest BCUT2D eigenvalue weighted by molar-refractivity contribution is 7.16. The van der Waals surface area contributed by atoms with Gasteiger partial charge in [-0.15, -0.1) is 22.7 Å². The number of carbonyl (C=O) groups is 2. The van der Waals surface area contributed by atoms with Gasteiger partial charge in [0.2, 0.25) is 5.91 Å². The second-order valence-corrected chi connectivity index (χ2v) is 8.11. The number of amides is 1. The number of aryl methyl sites for hydroxylation is 1. The molecule has 0 aliphatic carbocycles. The molecule has 0 atom stereocenters. The van der Waals surface area contributed by atoms with E-state index in [1.807, 2.05) is 48.7 Å². The molecule has 7 heteroatoms. The second kappa shape index (κ2) is 8.92. The minimum Gasteiger partial charge on any atom is -0.497 e. The number of benzene rings is 1. The maximum Gasteiger partial charge on any atom is 0.226 e. The van der Waals surface area contributed by atoms with E-state index in [9.17, 15) is 9.59 Å².